The lowest BCUT2D eigenvalue weighted by atomic mass is 9.76. The van der Waals surface area contributed by atoms with Gasteiger partial charge in [-0.15, -0.1) is 0 Å². The minimum atomic E-state index is 0.0359. The molecule has 0 unspecified atom stereocenters. The zero-order valence-electron chi connectivity index (χ0n) is 12.7. The Labute approximate surface area is 117 Å². The van der Waals surface area contributed by atoms with E-state index in [1.165, 1.54) is 18.4 Å². The van der Waals surface area contributed by atoms with Crippen molar-refractivity contribution >= 4 is 5.78 Å². The quantitative estimate of drug-likeness (QED) is 0.683. The summed E-state index contributed by atoms with van der Waals surface area (Å²) < 4.78 is 0. The molecular weight excluding hydrogens is 232 g/mol. The highest BCUT2D eigenvalue weighted by molar-refractivity contribution is 5.99. The van der Waals surface area contributed by atoms with Crippen molar-refractivity contribution in [2.24, 2.45) is 11.8 Å². The summed E-state index contributed by atoms with van der Waals surface area (Å²) in [7, 11) is 0. The molecule has 1 nitrogen and oxygen atoms in total. The second kappa shape index (κ2) is 5.48. The summed E-state index contributed by atoms with van der Waals surface area (Å²) in [5.74, 6) is 1.42. The topological polar surface area (TPSA) is 17.1 Å². The van der Waals surface area contributed by atoms with Crippen molar-refractivity contribution in [1.29, 1.82) is 0 Å². The van der Waals surface area contributed by atoms with Gasteiger partial charge in [-0.25, -0.2) is 0 Å². The third kappa shape index (κ3) is 3.26. The molecule has 0 bridgehead atoms. The number of rotatable bonds is 2. The zero-order valence-corrected chi connectivity index (χ0v) is 12.7. The van der Waals surface area contributed by atoms with Gasteiger partial charge >= 0.3 is 0 Å². The van der Waals surface area contributed by atoms with E-state index in [1.807, 2.05) is 18.2 Å². The van der Waals surface area contributed by atoms with Crippen molar-refractivity contribution in [2.45, 2.75) is 58.8 Å². The highest BCUT2D eigenvalue weighted by Gasteiger charge is 2.28. The molecule has 1 aliphatic rings. The van der Waals surface area contributed by atoms with Gasteiger partial charge in [0.25, 0.3) is 0 Å². The van der Waals surface area contributed by atoms with Crippen LogP contribution in [0.5, 0.6) is 0 Å². The Morgan fingerprint density at radius 2 is 1.63 bits per heavy atom. The fraction of sp³-hybridized carbons (Fsp3) is 0.611. The van der Waals surface area contributed by atoms with E-state index in [1.54, 1.807) is 0 Å². The highest BCUT2D eigenvalue weighted by Crippen LogP contribution is 2.33. The van der Waals surface area contributed by atoms with Gasteiger partial charge in [0.2, 0.25) is 0 Å². The zero-order chi connectivity index (χ0) is 14.0. The number of carbonyl (C=O) groups excluding carboxylic acids is 1. The van der Waals surface area contributed by atoms with E-state index < -0.39 is 0 Å². The van der Waals surface area contributed by atoms with E-state index in [2.05, 4.69) is 33.8 Å². The van der Waals surface area contributed by atoms with Crippen LogP contribution >= 0.6 is 0 Å². The summed E-state index contributed by atoms with van der Waals surface area (Å²) in [4.78, 5) is 12.8. The molecule has 0 heterocycles. The Morgan fingerprint density at radius 1 is 1.05 bits per heavy atom. The van der Waals surface area contributed by atoms with Gasteiger partial charge in [0.05, 0.1) is 0 Å². The average Bonchev–Trinajstić information content (AvgIpc) is 2.38. The smallest absolute Gasteiger partial charge is 0.166 e. The molecule has 1 aromatic carbocycles. The maximum atomic E-state index is 12.8. The molecule has 1 heteroatoms. The van der Waals surface area contributed by atoms with E-state index >= 15 is 0 Å². The van der Waals surface area contributed by atoms with Crippen LogP contribution < -0.4 is 0 Å². The maximum absolute atomic E-state index is 12.8. The Balaban J connectivity index is 2.24. The Hall–Kier alpha value is -1.11. The summed E-state index contributed by atoms with van der Waals surface area (Å²) in [6, 6.07) is 8.16. The van der Waals surface area contributed by atoms with Crippen LogP contribution in [0.2, 0.25) is 0 Å². The highest BCUT2D eigenvalue weighted by atomic mass is 16.1. The first-order valence-electron chi connectivity index (χ1n) is 7.53. The van der Waals surface area contributed by atoms with Gasteiger partial charge in [-0.3, -0.25) is 4.79 Å². The summed E-state index contributed by atoms with van der Waals surface area (Å²) in [6.07, 6.45) is 4.54. The van der Waals surface area contributed by atoms with E-state index in [0.717, 1.165) is 24.3 Å². The lowest BCUT2D eigenvalue weighted by Gasteiger charge is -2.28. The molecule has 1 aliphatic carbocycles. The van der Waals surface area contributed by atoms with Crippen LogP contribution in [0.25, 0.3) is 0 Å². The van der Waals surface area contributed by atoms with Gasteiger partial charge < -0.3 is 0 Å². The van der Waals surface area contributed by atoms with Crippen molar-refractivity contribution < 1.29 is 4.79 Å². The molecule has 0 aromatic heterocycles. The molecule has 104 valence electrons. The molecule has 0 aliphatic heterocycles. The summed E-state index contributed by atoms with van der Waals surface area (Å²) >= 11 is 0. The largest absolute Gasteiger partial charge is 0.294 e. The van der Waals surface area contributed by atoms with E-state index in [9.17, 15) is 4.79 Å². The third-order valence-corrected chi connectivity index (χ3v) is 4.39. The fourth-order valence-electron chi connectivity index (χ4n) is 3.09. The SMILES string of the molecule is CC1CCC(C(=O)c2ccccc2C(C)(C)C)CC1. The first kappa shape index (κ1) is 14.3. The van der Waals surface area contributed by atoms with Crippen molar-refractivity contribution in [1.82, 2.24) is 0 Å². The predicted molar refractivity (Wildman–Crippen MR) is 80.6 cm³/mol. The molecule has 1 saturated carbocycles. The average molecular weight is 258 g/mol. The van der Waals surface area contributed by atoms with Gasteiger partial charge in [0, 0.05) is 11.5 Å². The van der Waals surface area contributed by atoms with Gasteiger partial charge in [0.1, 0.15) is 0 Å². The molecule has 0 atom stereocenters. The van der Waals surface area contributed by atoms with Gasteiger partial charge in [0.15, 0.2) is 5.78 Å². The first-order valence-corrected chi connectivity index (χ1v) is 7.53. The Morgan fingerprint density at radius 3 is 2.21 bits per heavy atom. The minimum absolute atomic E-state index is 0.0359. The molecule has 2 rings (SSSR count). The molecule has 1 fully saturated rings. The Kier molecular flexibility index (Phi) is 4.13. The molecule has 1 aromatic rings. The standard InChI is InChI=1S/C18H26O/c1-13-9-11-14(12-10-13)17(19)15-7-5-6-8-16(15)18(2,3)4/h5-8,13-14H,9-12H2,1-4H3. The monoisotopic (exact) mass is 258 g/mol. The van der Waals surface area contributed by atoms with E-state index in [-0.39, 0.29) is 11.3 Å². The van der Waals surface area contributed by atoms with Crippen LogP contribution in [0, 0.1) is 11.8 Å². The fourth-order valence-corrected chi connectivity index (χ4v) is 3.09. The second-order valence-corrected chi connectivity index (χ2v) is 7.12. The first-order chi connectivity index (χ1) is 8.89. The maximum Gasteiger partial charge on any atom is 0.166 e. The van der Waals surface area contributed by atoms with E-state index in [4.69, 9.17) is 0 Å². The van der Waals surface area contributed by atoms with Crippen LogP contribution in [-0.4, -0.2) is 5.78 Å². The predicted octanol–water partition coefficient (Wildman–Crippen LogP) is 4.99. The molecule has 19 heavy (non-hydrogen) atoms. The Bertz CT molecular complexity index is 445. The summed E-state index contributed by atoms with van der Waals surface area (Å²) in [6.45, 7) is 8.84. The molecule has 0 N–H and O–H groups in total. The molecule has 0 spiro atoms. The van der Waals surface area contributed by atoms with Gasteiger partial charge in [-0.1, -0.05) is 64.8 Å². The number of hydrogen-bond donors (Lipinski definition) is 0. The number of benzene rings is 1. The lowest BCUT2D eigenvalue weighted by molar-refractivity contribution is 0.0873. The molecule has 0 saturated heterocycles. The van der Waals surface area contributed by atoms with Crippen LogP contribution in [0.1, 0.15) is 69.3 Å². The van der Waals surface area contributed by atoms with E-state index in [0.29, 0.717) is 5.78 Å². The van der Waals surface area contributed by atoms with Crippen LogP contribution in [0.3, 0.4) is 0 Å². The van der Waals surface area contributed by atoms with Gasteiger partial charge in [-0.2, -0.15) is 0 Å². The van der Waals surface area contributed by atoms with Crippen LogP contribution in [-0.2, 0) is 5.41 Å². The number of Topliss-reactive ketones (excluding diaryl/α,β-unsaturated/α-hetero) is 1. The molecule has 0 amide bonds. The number of hydrogen-bond acceptors (Lipinski definition) is 1. The normalized spacial score (nSPS) is 24.2. The molecule has 0 radical (unpaired) electrons. The third-order valence-electron chi connectivity index (χ3n) is 4.39. The van der Waals surface area contributed by atoms with Crippen LogP contribution in [0.4, 0.5) is 0 Å². The lowest BCUT2D eigenvalue weighted by Crippen LogP contribution is -2.24. The summed E-state index contributed by atoms with van der Waals surface area (Å²) in [5.41, 5.74) is 2.18. The molecular formula is C18H26O. The van der Waals surface area contributed by atoms with Crippen molar-refractivity contribution in [3.8, 4) is 0 Å². The van der Waals surface area contributed by atoms with Gasteiger partial charge in [-0.05, 0) is 29.7 Å². The van der Waals surface area contributed by atoms with Crippen molar-refractivity contribution in [3.63, 3.8) is 0 Å². The minimum Gasteiger partial charge on any atom is -0.294 e. The number of carbonyl (C=O) groups is 1. The van der Waals surface area contributed by atoms with Crippen molar-refractivity contribution in [2.75, 3.05) is 0 Å². The van der Waals surface area contributed by atoms with Crippen molar-refractivity contribution in [3.05, 3.63) is 35.4 Å². The number of ketones is 1. The summed E-state index contributed by atoms with van der Waals surface area (Å²) in [5, 5.41) is 0. The van der Waals surface area contributed by atoms with Crippen LogP contribution in [0.15, 0.2) is 24.3 Å². The second-order valence-electron chi connectivity index (χ2n) is 7.12.